The van der Waals surface area contributed by atoms with Gasteiger partial charge in [0.25, 0.3) is 5.56 Å². The number of nitrogens with zero attached hydrogens (tertiary/aromatic N) is 4. The number of aryl methyl sites for hydroxylation is 1. The number of unbranched alkanes of at least 4 members (excludes halogenated alkanes) is 3. The van der Waals surface area contributed by atoms with Crippen LogP contribution < -0.4 is 11.2 Å². The van der Waals surface area contributed by atoms with E-state index in [0.717, 1.165) is 42.3 Å². The van der Waals surface area contributed by atoms with Crippen LogP contribution in [0.4, 0.5) is 0 Å². The van der Waals surface area contributed by atoms with E-state index in [1.807, 2.05) is 59.2 Å². The van der Waals surface area contributed by atoms with Crippen molar-refractivity contribution in [1.82, 2.24) is 19.1 Å². The summed E-state index contributed by atoms with van der Waals surface area (Å²) in [5, 5.41) is 0. The Hall–Kier alpha value is -3.28. The van der Waals surface area contributed by atoms with Gasteiger partial charge >= 0.3 is 5.69 Å². The fourth-order valence-corrected chi connectivity index (χ4v) is 3.65. The lowest BCUT2D eigenvalue weighted by atomic mass is 10.2. The average molecular weight is 388 g/mol. The molecule has 2 aromatic rings. The van der Waals surface area contributed by atoms with Gasteiger partial charge < -0.3 is 4.57 Å². The van der Waals surface area contributed by atoms with Crippen molar-refractivity contribution in [3.63, 3.8) is 0 Å². The first-order chi connectivity index (χ1) is 14.2. The maximum absolute atomic E-state index is 13.2. The van der Waals surface area contributed by atoms with Gasteiger partial charge in [0.2, 0.25) is 0 Å². The Kier molecular flexibility index (Phi) is 5.51. The lowest BCUT2D eigenvalue weighted by Gasteiger charge is -2.18. The minimum absolute atomic E-state index is 0.187. The van der Waals surface area contributed by atoms with Crippen LogP contribution in [0.25, 0.3) is 22.6 Å². The van der Waals surface area contributed by atoms with Gasteiger partial charge in [-0.3, -0.25) is 9.36 Å². The molecule has 0 spiro atoms. The standard InChI is InChI=1S/C23H24N4O2/c1-2-3-4-10-15-26-19-14-9-8-13-18(19)24-20-21(26)25-23(29)27(22(20)28)16-17-11-6-5-7-12-17/h5-9,11-14H,2-4,10,15-16H2,1H3. The second kappa shape index (κ2) is 8.39. The number of hydrogen-bond acceptors (Lipinski definition) is 4. The summed E-state index contributed by atoms with van der Waals surface area (Å²) in [6.45, 7) is 3.06. The van der Waals surface area contributed by atoms with Gasteiger partial charge in [0.15, 0.2) is 11.5 Å². The minimum atomic E-state index is -0.536. The molecule has 0 atom stereocenters. The number of rotatable bonds is 7. The van der Waals surface area contributed by atoms with Crippen LogP contribution in [0.2, 0.25) is 0 Å². The first kappa shape index (κ1) is 19.1. The summed E-state index contributed by atoms with van der Waals surface area (Å²) in [7, 11) is 0. The van der Waals surface area contributed by atoms with Crippen LogP contribution in [0.3, 0.4) is 0 Å². The van der Waals surface area contributed by atoms with Gasteiger partial charge in [0, 0.05) is 6.54 Å². The predicted octanol–water partition coefficient (Wildman–Crippen LogP) is 3.69. The molecule has 2 heterocycles. The molecule has 6 heteroatoms. The van der Waals surface area contributed by atoms with Crippen molar-refractivity contribution in [3.8, 4) is 11.5 Å². The second-order valence-electron chi connectivity index (χ2n) is 7.26. The first-order valence-electron chi connectivity index (χ1n) is 10.1. The number of fused-ring (bicyclic) bond motifs is 2. The Balaban J connectivity index is 1.87. The van der Waals surface area contributed by atoms with Crippen molar-refractivity contribution < 1.29 is 0 Å². The zero-order chi connectivity index (χ0) is 20.2. The monoisotopic (exact) mass is 388 g/mol. The van der Waals surface area contributed by atoms with Crippen LogP contribution in [0.15, 0.2) is 64.2 Å². The maximum atomic E-state index is 13.2. The van der Waals surface area contributed by atoms with Crippen molar-refractivity contribution in [1.29, 1.82) is 0 Å². The lowest BCUT2D eigenvalue weighted by molar-refractivity contribution is 0.583. The normalized spacial score (nSPS) is 11.3. The van der Waals surface area contributed by atoms with E-state index >= 15 is 0 Å². The molecular weight excluding hydrogens is 364 g/mol. The van der Waals surface area contributed by atoms with E-state index in [1.54, 1.807) is 0 Å². The third kappa shape index (κ3) is 3.83. The number of aromatic nitrogens is 4. The Labute approximate surface area is 168 Å². The van der Waals surface area contributed by atoms with Gasteiger partial charge in [-0.05, 0) is 24.1 Å². The second-order valence-corrected chi connectivity index (χ2v) is 7.26. The molecule has 6 nitrogen and oxygen atoms in total. The fraction of sp³-hybridized carbons (Fsp3) is 0.304. The summed E-state index contributed by atoms with van der Waals surface area (Å²) in [5.74, 6) is 0.375. The molecule has 0 saturated heterocycles. The van der Waals surface area contributed by atoms with Crippen LogP contribution in [-0.2, 0) is 13.1 Å². The molecule has 0 aromatic heterocycles. The van der Waals surface area contributed by atoms with E-state index in [2.05, 4.69) is 16.9 Å². The van der Waals surface area contributed by atoms with Gasteiger partial charge in [-0.2, -0.15) is 4.98 Å². The van der Waals surface area contributed by atoms with Crippen molar-refractivity contribution in [2.75, 3.05) is 0 Å². The average Bonchev–Trinajstić information content (AvgIpc) is 2.75. The fourth-order valence-electron chi connectivity index (χ4n) is 3.65. The molecule has 0 N–H and O–H groups in total. The van der Waals surface area contributed by atoms with Gasteiger partial charge in [-0.25, -0.2) is 9.78 Å². The van der Waals surface area contributed by atoms with Crippen LogP contribution in [-0.4, -0.2) is 19.1 Å². The molecule has 2 aliphatic heterocycles. The highest BCUT2D eigenvalue weighted by molar-refractivity contribution is 5.79. The molecule has 0 unspecified atom stereocenters. The Bertz CT molecular complexity index is 1210. The smallest absolute Gasteiger partial charge is 0.322 e. The molecule has 0 radical (unpaired) electrons. The zero-order valence-electron chi connectivity index (χ0n) is 16.5. The van der Waals surface area contributed by atoms with Gasteiger partial charge in [0.05, 0.1) is 17.6 Å². The number of hydrogen-bond donors (Lipinski definition) is 0. The van der Waals surface area contributed by atoms with Crippen molar-refractivity contribution in [3.05, 3.63) is 81.0 Å². The Morgan fingerprint density at radius 1 is 0.828 bits per heavy atom. The highest BCUT2D eigenvalue weighted by Gasteiger charge is 2.21. The topological polar surface area (TPSA) is 69.8 Å². The quantitative estimate of drug-likeness (QED) is 0.358. The van der Waals surface area contributed by atoms with Crippen LogP contribution in [0.5, 0.6) is 0 Å². The summed E-state index contributed by atoms with van der Waals surface area (Å²) >= 11 is 0. The Morgan fingerprint density at radius 2 is 1.59 bits per heavy atom. The third-order valence-electron chi connectivity index (χ3n) is 5.17. The van der Waals surface area contributed by atoms with Crippen molar-refractivity contribution in [2.45, 2.75) is 45.7 Å². The molecule has 0 saturated carbocycles. The summed E-state index contributed by atoms with van der Waals surface area (Å²) < 4.78 is 3.14. The van der Waals surface area contributed by atoms with Gasteiger partial charge in [-0.15, -0.1) is 0 Å². The van der Waals surface area contributed by atoms with E-state index in [0.29, 0.717) is 12.4 Å². The molecule has 0 fully saturated rings. The summed E-state index contributed by atoms with van der Waals surface area (Å²) in [6.07, 6.45) is 4.36. The molecule has 0 bridgehead atoms. The van der Waals surface area contributed by atoms with Crippen LogP contribution in [0, 0.1) is 0 Å². The van der Waals surface area contributed by atoms with Gasteiger partial charge in [0.1, 0.15) is 0 Å². The number of benzene rings is 2. The largest absolute Gasteiger partial charge is 0.352 e. The SMILES string of the molecule is CCCCCCn1c2nc(=O)n(Cc3ccccc3)c(=O)c-2nc2ccccc21. The van der Waals surface area contributed by atoms with Crippen LogP contribution >= 0.6 is 0 Å². The molecular formula is C23H24N4O2. The maximum Gasteiger partial charge on any atom is 0.352 e. The van der Waals surface area contributed by atoms with Crippen molar-refractivity contribution in [2.24, 2.45) is 0 Å². The summed E-state index contributed by atoms with van der Waals surface area (Å²) in [5.41, 5.74) is 1.82. The van der Waals surface area contributed by atoms with E-state index in [1.165, 1.54) is 4.57 Å². The van der Waals surface area contributed by atoms with Gasteiger partial charge in [-0.1, -0.05) is 68.7 Å². The highest BCUT2D eigenvalue weighted by atomic mass is 16.2. The molecule has 2 aromatic carbocycles. The summed E-state index contributed by atoms with van der Waals surface area (Å²) in [4.78, 5) is 34.8. The number of para-hydroxylation sites is 2. The third-order valence-corrected chi connectivity index (χ3v) is 5.17. The molecule has 148 valence electrons. The molecule has 0 aliphatic carbocycles. The summed E-state index contributed by atoms with van der Waals surface area (Å²) in [6, 6.07) is 17.1. The molecule has 4 rings (SSSR count). The van der Waals surface area contributed by atoms with E-state index < -0.39 is 11.2 Å². The lowest BCUT2D eigenvalue weighted by Crippen LogP contribution is -2.39. The predicted molar refractivity (Wildman–Crippen MR) is 114 cm³/mol. The molecule has 0 amide bonds. The minimum Gasteiger partial charge on any atom is -0.322 e. The Morgan fingerprint density at radius 3 is 2.38 bits per heavy atom. The molecule has 2 aliphatic rings. The molecule has 29 heavy (non-hydrogen) atoms. The van der Waals surface area contributed by atoms with E-state index in [4.69, 9.17) is 0 Å². The van der Waals surface area contributed by atoms with Crippen LogP contribution in [0.1, 0.15) is 38.2 Å². The zero-order valence-corrected chi connectivity index (χ0v) is 16.5. The van der Waals surface area contributed by atoms with Crippen molar-refractivity contribution >= 4 is 11.0 Å². The van der Waals surface area contributed by atoms with E-state index in [9.17, 15) is 9.59 Å². The highest BCUT2D eigenvalue weighted by Crippen LogP contribution is 2.21. The first-order valence-corrected chi connectivity index (χ1v) is 10.1. The van der Waals surface area contributed by atoms with E-state index in [-0.39, 0.29) is 12.2 Å².